The zero-order chi connectivity index (χ0) is 15.0. The molecule has 0 aliphatic heterocycles. The van der Waals surface area contributed by atoms with E-state index in [9.17, 15) is 14.7 Å². The van der Waals surface area contributed by atoms with E-state index in [2.05, 4.69) is 5.32 Å². The summed E-state index contributed by atoms with van der Waals surface area (Å²) in [6.07, 6.45) is 4.47. The van der Waals surface area contributed by atoms with Crippen LogP contribution in [0.2, 0.25) is 0 Å². The zero-order valence-corrected chi connectivity index (χ0v) is 12.0. The normalized spacial score (nSPS) is 22.4. The molecule has 112 valence electrons. The SMILES string of the molecule is CCN(CCC#N)C(=O)NC1CCCCCC1C(=O)O. The number of carboxylic acid groups (broad SMARTS) is 1. The Hall–Kier alpha value is -1.77. The lowest BCUT2D eigenvalue weighted by molar-refractivity contribution is -0.142. The maximum Gasteiger partial charge on any atom is 0.317 e. The Bertz CT molecular complexity index is 378. The predicted molar refractivity (Wildman–Crippen MR) is 74.0 cm³/mol. The molecule has 0 aromatic heterocycles. The fourth-order valence-electron chi connectivity index (χ4n) is 2.61. The van der Waals surface area contributed by atoms with Crippen LogP contribution in [-0.2, 0) is 4.79 Å². The summed E-state index contributed by atoms with van der Waals surface area (Å²) < 4.78 is 0. The van der Waals surface area contributed by atoms with Crippen molar-refractivity contribution in [1.82, 2.24) is 10.2 Å². The molecule has 2 atom stereocenters. The van der Waals surface area contributed by atoms with Gasteiger partial charge in [-0.2, -0.15) is 5.26 Å². The standard InChI is InChI=1S/C14H23N3O3/c1-2-17(10-6-9-15)14(20)16-12-8-5-3-4-7-11(12)13(18)19/h11-12H,2-8,10H2,1H3,(H,16,20)(H,18,19). The molecule has 1 rings (SSSR count). The number of rotatable bonds is 5. The highest BCUT2D eigenvalue weighted by molar-refractivity contribution is 5.77. The summed E-state index contributed by atoms with van der Waals surface area (Å²) in [4.78, 5) is 25.0. The molecule has 1 fully saturated rings. The molecule has 1 saturated carbocycles. The van der Waals surface area contributed by atoms with Crippen LogP contribution in [0.5, 0.6) is 0 Å². The van der Waals surface area contributed by atoms with Crippen LogP contribution in [0.15, 0.2) is 0 Å². The lowest BCUT2D eigenvalue weighted by atomic mass is 9.95. The molecule has 0 aromatic rings. The number of carbonyl (C=O) groups excluding carboxylic acids is 1. The number of nitrogens with zero attached hydrogens (tertiary/aromatic N) is 2. The van der Waals surface area contributed by atoms with Gasteiger partial charge in [0.1, 0.15) is 0 Å². The molecule has 20 heavy (non-hydrogen) atoms. The fraction of sp³-hybridized carbons (Fsp3) is 0.786. The largest absolute Gasteiger partial charge is 0.481 e. The van der Waals surface area contributed by atoms with Crippen molar-refractivity contribution in [2.45, 2.75) is 51.5 Å². The van der Waals surface area contributed by atoms with Gasteiger partial charge in [-0.15, -0.1) is 0 Å². The van der Waals surface area contributed by atoms with Crippen molar-refractivity contribution in [3.8, 4) is 6.07 Å². The van der Waals surface area contributed by atoms with Crippen LogP contribution in [0.3, 0.4) is 0 Å². The van der Waals surface area contributed by atoms with Gasteiger partial charge in [-0.1, -0.05) is 19.3 Å². The van der Waals surface area contributed by atoms with Gasteiger partial charge in [0.2, 0.25) is 0 Å². The Morgan fingerprint density at radius 2 is 2.05 bits per heavy atom. The maximum atomic E-state index is 12.1. The van der Waals surface area contributed by atoms with Gasteiger partial charge in [-0.3, -0.25) is 4.79 Å². The van der Waals surface area contributed by atoms with E-state index in [4.69, 9.17) is 5.26 Å². The van der Waals surface area contributed by atoms with Gasteiger partial charge < -0.3 is 15.3 Å². The van der Waals surface area contributed by atoms with Crippen LogP contribution in [0.1, 0.15) is 45.4 Å². The van der Waals surface area contributed by atoms with Gasteiger partial charge in [0, 0.05) is 19.1 Å². The smallest absolute Gasteiger partial charge is 0.317 e. The van der Waals surface area contributed by atoms with Crippen LogP contribution < -0.4 is 5.32 Å². The van der Waals surface area contributed by atoms with Gasteiger partial charge >= 0.3 is 12.0 Å². The van der Waals surface area contributed by atoms with Crippen molar-refractivity contribution >= 4 is 12.0 Å². The number of carboxylic acids is 1. The molecule has 1 aliphatic rings. The summed E-state index contributed by atoms with van der Waals surface area (Å²) in [6.45, 7) is 2.74. The highest BCUT2D eigenvalue weighted by atomic mass is 16.4. The average Bonchev–Trinajstić information content (AvgIpc) is 2.65. The minimum atomic E-state index is -0.836. The molecule has 1 aliphatic carbocycles. The molecular weight excluding hydrogens is 258 g/mol. The highest BCUT2D eigenvalue weighted by Crippen LogP contribution is 2.24. The lowest BCUT2D eigenvalue weighted by Crippen LogP contribution is -2.49. The number of nitrogens with one attached hydrogen (secondary N) is 1. The Morgan fingerprint density at radius 3 is 2.65 bits per heavy atom. The summed E-state index contributed by atoms with van der Waals surface area (Å²) in [5.41, 5.74) is 0. The number of urea groups is 1. The van der Waals surface area contributed by atoms with E-state index in [0.717, 1.165) is 19.3 Å². The monoisotopic (exact) mass is 281 g/mol. The summed E-state index contributed by atoms with van der Waals surface area (Å²) in [5.74, 6) is -1.34. The summed E-state index contributed by atoms with van der Waals surface area (Å²) in [7, 11) is 0. The fourth-order valence-corrected chi connectivity index (χ4v) is 2.61. The van der Waals surface area contributed by atoms with E-state index >= 15 is 0 Å². The van der Waals surface area contributed by atoms with Crippen LogP contribution >= 0.6 is 0 Å². The minimum Gasteiger partial charge on any atom is -0.481 e. The third kappa shape index (κ3) is 4.72. The molecule has 0 radical (unpaired) electrons. The number of hydrogen-bond acceptors (Lipinski definition) is 3. The first-order chi connectivity index (χ1) is 9.60. The van der Waals surface area contributed by atoms with Crippen molar-refractivity contribution < 1.29 is 14.7 Å². The second kappa shape index (κ2) is 8.41. The molecule has 0 saturated heterocycles. The third-order valence-electron chi connectivity index (χ3n) is 3.80. The van der Waals surface area contributed by atoms with Crippen molar-refractivity contribution in [1.29, 1.82) is 5.26 Å². The first kappa shape index (κ1) is 16.3. The summed E-state index contributed by atoms with van der Waals surface area (Å²) in [6, 6.07) is 1.44. The molecule has 2 amide bonds. The van der Waals surface area contributed by atoms with E-state index < -0.39 is 11.9 Å². The molecule has 0 heterocycles. The van der Waals surface area contributed by atoms with E-state index in [1.54, 1.807) is 4.90 Å². The van der Waals surface area contributed by atoms with Crippen LogP contribution in [0, 0.1) is 17.2 Å². The quantitative estimate of drug-likeness (QED) is 0.753. The third-order valence-corrected chi connectivity index (χ3v) is 3.80. The van der Waals surface area contributed by atoms with Crippen LogP contribution in [0.4, 0.5) is 4.79 Å². The lowest BCUT2D eigenvalue weighted by Gasteiger charge is -2.27. The van der Waals surface area contributed by atoms with Crippen molar-refractivity contribution in [2.24, 2.45) is 5.92 Å². The van der Waals surface area contributed by atoms with Crippen molar-refractivity contribution in [3.05, 3.63) is 0 Å². The number of hydrogen-bond donors (Lipinski definition) is 2. The number of nitriles is 1. The molecule has 0 bridgehead atoms. The van der Waals surface area contributed by atoms with Gasteiger partial charge in [0.25, 0.3) is 0 Å². The number of amides is 2. The molecule has 2 N–H and O–H groups in total. The molecular formula is C14H23N3O3. The molecule has 6 nitrogen and oxygen atoms in total. The Morgan fingerprint density at radius 1 is 1.35 bits per heavy atom. The summed E-state index contributed by atoms with van der Waals surface area (Å²) >= 11 is 0. The van der Waals surface area contributed by atoms with Crippen molar-refractivity contribution in [2.75, 3.05) is 13.1 Å². The Kier molecular flexibility index (Phi) is 6.85. The van der Waals surface area contributed by atoms with Gasteiger partial charge in [0.15, 0.2) is 0 Å². The van der Waals surface area contributed by atoms with Crippen LogP contribution in [0.25, 0.3) is 0 Å². The summed E-state index contributed by atoms with van der Waals surface area (Å²) in [5, 5.41) is 20.7. The van der Waals surface area contributed by atoms with E-state index in [-0.39, 0.29) is 18.5 Å². The van der Waals surface area contributed by atoms with E-state index in [1.165, 1.54) is 0 Å². The Labute approximate surface area is 119 Å². The minimum absolute atomic E-state index is 0.263. The van der Waals surface area contributed by atoms with Gasteiger partial charge in [-0.25, -0.2) is 4.79 Å². The first-order valence-electron chi connectivity index (χ1n) is 7.25. The molecule has 0 spiro atoms. The number of aliphatic carboxylic acids is 1. The highest BCUT2D eigenvalue weighted by Gasteiger charge is 2.31. The Balaban J connectivity index is 2.64. The number of carbonyl (C=O) groups is 2. The molecule has 2 unspecified atom stereocenters. The van der Waals surface area contributed by atoms with E-state index in [1.807, 2.05) is 13.0 Å². The van der Waals surface area contributed by atoms with Gasteiger partial charge in [-0.05, 0) is 19.8 Å². The maximum absolute atomic E-state index is 12.1. The van der Waals surface area contributed by atoms with E-state index in [0.29, 0.717) is 25.9 Å². The molecule has 6 heteroatoms. The average molecular weight is 281 g/mol. The van der Waals surface area contributed by atoms with Gasteiger partial charge in [0.05, 0.1) is 18.4 Å². The topological polar surface area (TPSA) is 93.4 Å². The second-order valence-electron chi connectivity index (χ2n) is 5.13. The predicted octanol–water partition coefficient (Wildman–Crippen LogP) is 1.97. The first-order valence-corrected chi connectivity index (χ1v) is 7.25. The second-order valence-corrected chi connectivity index (χ2v) is 5.13. The zero-order valence-electron chi connectivity index (χ0n) is 12.0. The van der Waals surface area contributed by atoms with Crippen LogP contribution in [-0.4, -0.2) is 41.1 Å². The molecule has 0 aromatic carbocycles. The van der Waals surface area contributed by atoms with Crippen molar-refractivity contribution in [3.63, 3.8) is 0 Å².